The Bertz CT molecular complexity index is 1100. The van der Waals surface area contributed by atoms with Gasteiger partial charge in [0.25, 0.3) is 5.56 Å². The Kier molecular flexibility index (Phi) is 5.92. The van der Waals surface area contributed by atoms with Crippen molar-refractivity contribution in [3.63, 3.8) is 0 Å². The highest BCUT2D eigenvalue weighted by atomic mass is 19.1. The van der Waals surface area contributed by atoms with Crippen molar-refractivity contribution in [3.05, 3.63) is 52.5 Å². The highest BCUT2D eigenvalue weighted by molar-refractivity contribution is 5.77. The first-order valence-electron chi connectivity index (χ1n) is 10.5. The zero-order valence-electron chi connectivity index (χ0n) is 17.1. The standard InChI is InChI=1S/C22H26FN5O2/c1-15-25-21-19(14-24-28(21)18-10-8-16(23)9-11-18)22(30)27(15)13-12-20(29)26-17-6-4-2-3-5-7-17/h8-11,14,17H,2-7,12-13H2,1H3,(H,26,29). The first kappa shape index (κ1) is 20.3. The zero-order chi connectivity index (χ0) is 21.1. The van der Waals surface area contributed by atoms with Gasteiger partial charge in [-0.15, -0.1) is 0 Å². The van der Waals surface area contributed by atoms with Gasteiger partial charge in [-0.05, 0) is 44.0 Å². The highest BCUT2D eigenvalue weighted by Crippen LogP contribution is 2.18. The molecule has 0 bridgehead atoms. The minimum absolute atomic E-state index is 0.0321. The Hall–Kier alpha value is -3.03. The van der Waals surface area contributed by atoms with Gasteiger partial charge in [0.2, 0.25) is 5.91 Å². The van der Waals surface area contributed by atoms with Crippen LogP contribution in [0.25, 0.3) is 16.7 Å². The predicted octanol–water partition coefficient (Wildman–Crippen LogP) is 3.26. The third-order valence-corrected chi connectivity index (χ3v) is 5.73. The van der Waals surface area contributed by atoms with Crippen LogP contribution in [0.3, 0.4) is 0 Å². The maximum Gasteiger partial charge on any atom is 0.264 e. The van der Waals surface area contributed by atoms with Crippen LogP contribution in [0.4, 0.5) is 4.39 Å². The van der Waals surface area contributed by atoms with E-state index in [1.54, 1.807) is 19.1 Å². The molecule has 7 nitrogen and oxygen atoms in total. The minimum atomic E-state index is -0.344. The summed E-state index contributed by atoms with van der Waals surface area (Å²) < 4.78 is 16.2. The van der Waals surface area contributed by atoms with E-state index < -0.39 is 0 Å². The number of aryl methyl sites for hydroxylation is 1. The van der Waals surface area contributed by atoms with Gasteiger partial charge in [0.1, 0.15) is 17.0 Å². The fourth-order valence-corrected chi connectivity index (χ4v) is 4.08. The van der Waals surface area contributed by atoms with E-state index in [1.807, 2.05) is 0 Å². The maximum absolute atomic E-state index is 13.2. The molecule has 30 heavy (non-hydrogen) atoms. The van der Waals surface area contributed by atoms with E-state index in [0.717, 1.165) is 25.7 Å². The summed E-state index contributed by atoms with van der Waals surface area (Å²) in [5, 5.41) is 7.74. The molecule has 3 aromatic rings. The van der Waals surface area contributed by atoms with Crippen LogP contribution in [0.2, 0.25) is 0 Å². The third kappa shape index (κ3) is 4.27. The number of nitrogens with zero attached hydrogens (tertiary/aromatic N) is 4. The molecule has 1 N–H and O–H groups in total. The van der Waals surface area contributed by atoms with Gasteiger partial charge >= 0.3 is 0 Å². The molecule has 158 valence electrons. The van der Waals surface area contributed by atoms with Crippen molar-refractivity contribution in [2.24, 2.45) is 0 Å². The summed E-state index contributed by atoms with van der Waals surface area (Å²) in [6, 6.07) is 6.09. The molecule has 4 rings (SSSR count). The first-order valence-corrected chi connectivity index (χ1v) is 10.5. The largest absolute Gasteiger partial charge is 0.353 e. The van der Waals surface area contributed by atoms with Crippen LogP contribution < -0.4 is 10.9 Å². The van der Waals surface area contributed by atoms with Crippen molar-refractivity contribution in [3.8, 4) is 5.69 Å². The minimum Gasteiger partial charge on any atom is -0.353 e. The van der Waals surface area contributed by atoms with Crippen LogP contribution in [0.15, 0.2) is 35.3 Å². The number of hydrogen-bond acceptors (Lipinski definition) is 4. The monoisotopic (exact) mass is 411 g/mol. The van der Waals surface area contributed by atoms with Gasteiger partial charge in [-0.1, -0.05) is 25.7 Å². The van der Waals surface area contributed by atoms with Gasteiger partial charge in [-0.25, -0.2) is 14.1 Å². The molecule has 2 aromatic heterocycles. The van der Waals surface area contributed by atoms with E-state index in [1.165, 1.54) is 40.4 Å². The number of hydrogen-bond donors (Lipinski definition) is 1. The number of rotatable bonds is 5. The Balaban J connectivity index is 1.51. The lowest BCUT2D eigenvalue weighted by atomic mass is 10.1. The van der Waals surface area contributed by atoms with Crippen LogP contribution >= 0.6 is 0 Å². The average Bonchev–Trinajstić information content (AvgIpc) is 2.97. The summed E-state index contributed by atoms with van der Waals surface area (Å²) in [6.45, 7) is 2.01. The molecule has 0 atom stereocenters. The number of carbonyl (C=O) groups is 1. The topological polar surface area (TPSA) is 81.8 Å². The number of carbonyl (C=O) groups excluding carboxylic acids is 1. The van der Waals surface area contributed by atoms with E-state index in [4.69, 9.17) is 0 Å². The second-order valence-corrected chi connectivity index (χ2v) is 7.89. The summed E-state index contributed by atoms with van der Waals surface area (Å²) in [4.78, 5) is 29.9. The summed E-state index contributed by atoms with van der Waals surface area (Å²) >= 11 is 0. The Morgan fingerprint density at radius 2 is 1.87 bits per heavy atom. The number of halogens is 1. The highest BCUT2D eigenvalue weighted by Gasteiger charge is 2.17. The average molecular weight is 411 g/mol. The number of nitrogens with one attached hydrogen (secondary N) is 1. The van der Waals surface area contributed by atoms with Crippen LogP contribution in [-0.2, 0) is 11.3 Å². The van der Waals surface area contributed by atoms with Gasteiger partial charge in [0, 0.05) is 19.0 Å². The SMILES string of the molecule is Cc1nc2c(cnn2-c2ccc(F)cc2)c(=O)n1CCC(=O)NC1CCCCCC1. The molecule has 1 aliphatic rings. The van der Waals surface area contributed by atoms with Crippen LogP contribution in [0, 0.1) is 12.7 Å². The van der Waals surface area contributed by atoms with Crippen molar-refractivity contribution in [2.75, 3.05) is 0 Å². The normalized spacial score (nSPS) is 15.3. The lowest BCUT2D eigenvalue weighted by Gasteiger charge is -2.16. The Morgan fingerprint density at radius 3 is 2.57 bits per heavy atom. The van der Waals surface area contributed by atoms with E-state index in [2.05, 4.69) is 15.4 Å². The quantitative estimate of drug-likeness (QED) is 0.654. The second-order valence-electron chi connectivity index (χ2n) is 7.89. The summed E-state index contributed by atoms with van der Waals surface area (Å²) in [6.07, 6.45) is 8.54. The van der Waals surface area contributed by atoms with Crippen molar-refractivity contribution < 1.29 is 9.18 Å². The summed E-state index contributed by atoms with van der Waals surface area (Å²) in [5.74, 6) is 0.137. The maximum atomic E-state index is 13.2. The van der Waals surface area contributed by atoms with Gasteiger partial charge in [0.05, 0.1) is 11.9 Å². The molecule has 0 radical (unpaired) electrons. The van der Waals surface area contributed by atoms with Crippen LogP contribution in [0.1, 0.15) is 50.8 Å². The fraction of sp³-hybridized carbons (Fsp3) is 0.455. The van der Waals surface area contributed by atoms with E-state index in [0.29, 0.717) is 22.5 Å². The van der Waals surface area contributed by atoms with E-state index >= 15 is 0 Å². The first-order chi connectivity index (χ1) is 14.5. The summed E-state index contributed by atoms with van der Waals surface area (Å²) in [7, 11) is 0. The molecule has 2 heterocycles. The molecule has 0 aliphatic heterocycles. The van der Waals surface area contributed by atoms with Crippen molar-refractivity contribution in [1.29, 1.82) is 0 Å². The molecule has 1 aliphatic carbocycles. The second kappa shape index (κ2) is 8.77. The summed E-state index contributed by atoms with van der Waals surface area (Å²) in [5.41, 5.74) is 0.814. The van der Waals surface area contributed by atoms with E-state index in [-0.39, 0.29) is 36.3 Å². The molecule has 0 saturated heterocycles. The molecule has 1 saturated carbocycles. The predicted molar refractivity (Wildman–Crippen MR) is 112 cm³/mol. The molecular weight excluding hydrogens is 385 g/mol. The molecule has 0 unspecified atom stereocenters. The van der Waals surface area contributed by atoms with Crippen molar-refractivity contribution >= 4 is 16.9 Å². The number of aromatic nitrogens is 4. The third-order valence-electron chi connectivity index (χ3n) is 5.73. The van der Waals surface area contributed by atoms with Crippen LogP contribution in [-0.4, -0.2) is 31.3 Å². The molecule has 1 amide bonds. The number of amides is 1. The van der Waals surface area contributed by atoms with Gasteiger partial charge in [-0.2, -0.15) is 5.10 Å². The fourth-order valence-electron chi connectivity index (χ4n) is 4.08. The van der Waals surface area contributed by atoms with Gasteiger partial charge in [-0.3, -0.25) is 14.2 Å². The molecular formula is C22H26FN5O2. The molecule has 1 fully saturated rings. The van der Waals surface area contributed by atoms with E-state index in [9.17, 15) is 14.0 Å². The zero-order valence-corrected chi connectivity index (χ0v) is 17.1. The molecule has 0 spiro atoms. The number of benzene rings is 1. The molecule has 8 heteroatoms. The molecule has 1 aromatic carbocycles. The van der Waals surface area contributed by atoms with Crippen LogP contribution in [0.5, 0.6) is 0 Å². The lowest BCUT2D eigenvalue weighted by molar-refractivity contribution is -0.122. The van der Waals surface area contributed by atoms with Crippen molar-refractivity contribution in [2.45, 2.75) is 64.5 Å². The smallest absolute Gasteiger partial charge is 0.264 e. The van der Waals surface area contributed by atoms with Gasteiger partial charge < -0.3 is 5.32 Å². The Labute approximate surface area is 173 Å². The Morgan fingerprint density at radius 1 is 1.17 bits per heavy atom. The van der Waals surface area contributed by atoms with Crippen molar-refractivity contribution in [1.82, 2.24) is 24.6 Å². The number of fused-ring (bicyclic) bond motifs is 1. The lowest BCUT2D eigenvalue weighted by Crippen LogP contribution is -2.35. The van der Waals surface area contributed by atoms with Gasteiger partial charge in [0.15, 0.2) is 5.65 Å².